The zero-order valence-electron chi connectivity index (χ0n) is 11.6. The van der Waals surface area contributed by atoms with E-state index >= 15 is 0 Å². The van der Waals surface area contributed by atoms with E-state index in [-0.39, 0.29) is 15.6 Å². The van der Waals surface area contributed by atoms with Crippen LogP contribution in [0.5, 0.6) is 5.75 Å². The number of rotatable bonds is 3. The van der Waals surface area contributed by atoms with Crippen molar-refractivity contribution in [2.45, 2.75) is 0 Å². The molecule has 2 aromatic rings. The molecule has 1 aliphatic rings. The summed E-state index contributed by atoms with van der Waals surface area (Å²) in [6.07, 6.45) is 1.73. The molecule has 0 spiro atoms. The normalized spacial score (nSPS) is 16.2. The van der Waals surface area contributed by atoms with Crippen LogP contribution in [0.3, 0.4) is 0 Å². The minimum Gasteiger partial charge on any atom is -0.507 e. The molecule has 0 bridgehead atoms. The van der Waals surface area contributed by atoms with Crippen LogP contribution in [0.1, 0.15) is 15.2 Å². The number of thiophene rings is 1. The van der Waals surface area contributed by atoms with Crippen LogP contribution in [-0.4, -0.2) is 26.3 Å². The molecular weight excluding hydrogens is 352 g/mol. The molecule has 0 saturated carbocycles. The van der Waals surface area contributed by atoms with Crippen molar-refractivity contribution in [2.24, 2.45) is 0 Å². The first-order valence-electron chi connectivity index (χ1n) is 6.46. The first kappa shape index (κ1) is 15.7. The van der Waals surface area contributed by atoms with Gasteiger partial charge in [-0.1, -0.05) is 30.0 Å². The lowest BCUT2D eigenvalue weighted by molar-refractivity contribution is -0.123. The fourth-order valence-electron chi connectivity index (χ4n) is 1.89. The molecule has 8 heteroatoms. The highest BCUT2D eigenvalue weighted by Crippen LogP contribution is 2.32. The number of hydrazine groups is 1. The van der Waals surface area contributed by atoms with Crippen LogP contribution in [0, 0.1) is 0 Å². The molecular formula is C15H10N2O3S3. The summed E-state index contributed by atoms with van der Waals surface area (Å²) in [6, 6.07) is 9.86. The maximum absolute atomic E-state index is 12.4. The fraction of sp³-hybridized carbons (Fsp3) is 0. The third-order valence-electron chi connectivity index (χ3n) is 2.97. The van der Waals surface area contributed by atoms with E-state index in [1.165, 1.54) is 23.5 Å². The van der Waals surface area contributed by atoms with Crippen LogP contribution in [0.2, 0.25) is 0 Å². The van der Waals surface area contributed by atoms with Gasteiger partial charge in [0.1, 0.15) is 5.75 Å². The van der Waals surface area contributed by atoms with Crippen LogP contribution in [0.15, 0.2) is 46.7 Å². The summed E-state index contributed by atoms with van der Waals surface area (Å²) < 4.78 is 0.238. The van der Waals surface area contributed by atoms with Crippen molar-refractivity contribution in [1.29, 1.82) is 0 Å². The van der Waals surface area contributed by atoms with Gasteiger partial charge in [-0.15, -0.1) is 11.3 Å². The average Bonchev–Trinajstić information content (AvgIpc) is 3.12. The van der Waals surface area contributed by atoms with Crippen LogP contribution in [0.25, 0.3) is 6.08 Å². The smallest absolute Gasteiger partial charge is 0.285 e. The summed E-state index contributed by atoms with van der Waals surface area (Å²) in [5.41, 5.74) is 2.50. The minimum atomic E-state index is -0.600. The van der Waals surface area contributed by atoms with E-state index in [1.807, 2.05) is 17.5 Å². The van der Waals surface area contributed by atoms with Crippen molar-refractivity contribution in [1.82, 2.24) is 10.4 Å². The first-order valence-corrected chi connectivity index (χ1v) is 8.57. The quantitative estimate of drug-likeness (QED) is 0.649. The Kier molecular flexibility index (Phi) is 4.46. The molecule has 2 heterocycles. The van der Waals surface area contributed by atoms with E-state index in [1.54, 1.807) is 18.2 Å². The second kappa shape index (κ2) is 6.53. The van der Waals surface area contributed by atoms with Gasteiger partial charge in [0.2, 0.25) is 0 Å². The summed E-state index contributed by atoms with van der Waals surface area (Å²) in [5.74, 6) is -1.15. The van der Waals surface area contributed by atoms with E-state index in [4.69, 9.17) is 12.2 Å². The largest absolute Gasteiger partial charge is 0.507 e. The monoisotopic (exact) mass is 362 g/mol. The summed E-state index contributed by atoms with van der Waals surface area (Å²) in [6.45, 7) is 0. The highest BCUT2D eigenvalue weighted by Gasteiger charge is 2.34. The number of aromatic hydroxyl groups is 1. The van der Waals surface area contributed by atoms with E-state index < -0.39 is 11.8 Å². The molecule has 0 aliphatic carbocycles. The van der Waals surface area contributed by atoms with Gasteiger partial charge >= 0.3 is 0 Å². The van der Waals surface area contributed by atoms with Crippen LogP contribution >= 0.6 is 35.3 Å². The molecule has 116 valence electrons. The van der Waals surface area contributed by atoms with Crippen molar-refractivity contribution >= 4 is 57.5 Å². The third kappa shape index (κ3) is 3.29. The number of phenolic OH excluding ortho intramolecular Hbond substituents is 1. The topological polar surface area (TPSA) is 69.6 Å². The number of hydrogen-bond donors (Lipinski definition) is 2. The van der Waals surface area contributed by atoms with Crippen molar-refractivity contribution in [3.63, 3.8) is 0 Å². The molecule has 3 rings (SSSR count). The SMILES string of the molecule is O=C(NN1C(=O)/C(=C\c2cccs2)SC1=S)c1ccccc1O. The fourth-order valence-corrected chi connectivity index (χ4v) is 3.80. The summed E-state index contributed by atoms with van der Waals surface area (Å²) in [7, 11) is 0. The summed E-state index contributed by atoms with van der Waals surface area (Å²) >= 11 is 7.77. The zero-order valence-corrected chi connectivity index (χ0v) is 14.0. The molecule has 0 atom stereocenters. The van der Waals surface area contributed by atoms with Crippen molar-refractivity contribution < 1.29 is 14.7 Å². The molecule has 1 aliphatic heterocycles. The Hall–Kier alpha value is -2.16. The highest BCUT2D eigenvalue weighted by atomic mass is 32.2. The Labute approximate surface area is 145 Å². The van der Waals surface area contributed by atoms with E-state index in [0.29, 0.717) is 4.91 Å². The lowest BCUT2D eigenvalue weighted by atomic mass is 10.2. The number of thiocarbonyl (C=S) groups is 1. The molecule has 1 fully saturated rings. The van der Waals surface area contributed by atoms with Gasteiger partial charge in [-0.3, -0.25) is 15.0 Å². The van der Waals surface area contributed by atoms with Crippen LogP contribution in [-0.2, 0) is 4.79 Å². The van der Waals surface area contributed by atoms with Gasteiger partial charge in [-0.05, 0) is 41.9 Å². The molecule has 1 aromatic heterocycles. The Morgan fingerprint density at radius 1 is 1.26 bits per heavy atom. The second-order valence-electron chi connectivity index (χ2n) is 4.49. The third-order valence-corrected chi connectivity index (χ3v) is 5.09. The Bertz CT molecular complexity index is 815. The van der Waals surface area contributed by atoms with Crippen LogP contribution in [0.4, 0.5) is 0 Å². The Morgan fingerprint density at radius 3 is 2.74 bits per heavy atom. The number of carbonyl (C=O) groups excluding carboxylic acids is 2. The molecule has 2 amide bonds. The van der Waals surface area contributed by atoms with E-state index in [0.717, 1.165) is 21.6 Å². The molecule has 5 nitrogen and oxygen atoms in total. The molecule has 23 heavy (non-hydrogen) atoms. The number of hydrogen-bond acceptors (Lipinski definition) is 6. The molecule has 1 aromatic carbocycles. The van der Waals surface area contributed by atoms with Crippen LogP contribution < -0.4 is 5.43 Å². The van der Waals surface area contributed by atoms with Gasteiger partial charge in [0.05, 0.1) is 10.5 Å². The number of para-hydroxylation sites is 1. The zero-order chi connectivity index (χ0) is 16.4. The number of carbonyl (C=O) groups is 2. The van der Waals surface area contributed by atoms with Crippen molar-refractivity contribution in [3.05, 3.63) is 57.1 Å². The van der Waals surface area contributed by atoms with Gasteiger partial charge in [-0.2, -0.15) is 5.01 Å². The van der Waals surface area contributed by atoms with E-state index in [9.17, 15) is 14.7 Å². The summed E-state index contributed by atoms with van der Waals surface area (Å²) in [5, 5.41) is 12.6. The maximum atomic E-state index is 12.4. The van der Waals surface area contributed by atoms with Gasteiger partial charge in [0.15, 0.2) is 4.32 Å². The predicted molar refractivity (Wildman–Crippen MR) is 94.9 cm³/mol. The van der Waals surface area contributed by atoms with Gasteiger partial charge < -0.3 is 5.11 Å². The second-order valence-corrected chi connectivity index (χ2v) is 7.15. The van der Waals surface area contributed by atoms with Crippen molar-refractivity contribution in [3.8, 4) is 5.75 Å². The Morgan fingerprint density at radius 2 is 2.04 bits per heavy atom. The number of thioether (sulfide) groups is 1. The molecule has 1 saturated heterocycles. The lowest BCUT2D eigenvalue weighted by Gasteiger charge is -2.15. The lowest BCUT2D eigenvalue weighted by Crippen LogP contribution is -2.44. The van der Waals surface area contributed by atoms with Crippen molar-refractivity contribution in [2.75, 3.05) is 0 Å². The predicted octanol–water partition coefficient (Wildman–Crippen LogP) is 3.00. The van der Waals surface area contributed by atoms with E-state index in [2.05, 4.69) is 5.43 Å². The maximum Gasteiger partial charge on any atom is 0.285 e. The highest BCUT2D eigenvalue weighted by molar-refractivity contribution is 8.26. The number of benzene rings is 1. The molecule has 2 N–H and O–H groups in total. The summed E-state index contributed by atoms with van der Waals surface area (Å²) in [4.78, 5) is 25.9. The minimum absolute atomic E-state index is 0.0730. The number of amides is 2. The molecule has 0 radical (unpaired) electrons. The average molecular weight is 362 g/mol. The standard InChI is InChI=1S/C15H10N2O3S3/c18-11-6-2-1-5-10(11)13(19)16-17-14(20)12(23-15(17)21)8-9-4-3-7-22-9/h1-8,18H,(H,16,19)/b12-8+. The number of nitrogens with zero attached hydrogens (tertiary/aromatic N) is 1. The van der Waals surface area contributed by atoms with Gasteiger partial charge in [-0.25, -0.2) is 0 Å². The number of phenols is 1. The van der Waals surface area contributed by atoms with Gasteiger partial charge in [0, 0.05) is 4.88 Å². The van der Waals surface area contributed by atoms with Gasteiger partial charge in [0.25, 0.3) is 11.8 Å². The first-order chi connectivity index (χ1) is 11.1. The number of nitrogens with one attached hydrogen (secondary N) is 1. The molecule has 0 unspecified atom stereocenters. The Balaban J connectivity index is 1.79.